The SMILES string of the molecule is CCCc1cc2c(-c3cc(C)cc(C)c3)c(C)ccc2[cH-]1.CCCc1cc2c(-c3cc(C)cc(C)c3)c(C)ccc2[cH-]1.C[Si]C.[Cl][Zr+2][Cl]. The van der Waals surface area contributed by atoms with E-state index >= 15 is 0 Å². The molecule has 250 valence electrons. The first-order chi connectivity index (χ1) is 23.0. The number of fused-ring (bicyclic) bond motifs is 2. The summed E-state index contributed by atoms with van der Waals surface area (Å²) in [6, 6.07) is 32.2. The Balaban J connectivity index is 0.000000224. The molecule has 6 aromatic carbocycles. The van der Waals surface area contributed by atoms with Crippen LogP contribution in [0, 0.1) is 41.5 Å². The van der Waals surface area contributed by atoms with Crippen molar-refractivity contribution < 1.29 is 20.8 Å². The van der Waals surface area contributed by atoms with Crippen molar-refractivity contribution in [1.29, 1.82) is 0 Å². The molecule has 0 saturated heterocycles. The Hall–Kier alpha value is -2.22. The third kappa shape index (κ3) is 10.9. The van der Waals surface area contributed by atoms with E-state index in [1.54, 1.807) is 0 Å². The van der Waals surface area contributed by atoms with Gasteiger partial charge in [-0.3, -0.25) is 0 Å². The molecule has 48 heavy (non-hydrogen) atoms. The van der Waals surface area contributed by atoms with E-state index in [0.717, 1.165) is 9.52 Å². The van der Waals surface area contributed by atoms with Crippen LogP contribution in [0.25, 0.3) is 43.8 Å². The molecule has 6 aromatic rings. The van der Waals surface area contributed by atoms with E-state index < -0.39 is 20.8 Å². The van der Waals surface area contributed by atoms with Crippen molar-refractivity contribution in [2.75, 3.05) is 0 Å². The minimum absolute atomic E-state index is 0.826. The second-order valence-electron chi connectivity index (χ2n) is 13.1. The van der Waals surface area contributed by atoms with E-state index in [1.807, 2.05) is 0 Å². The van der Waals surface area contributed by atoms with Gasteiger partial charge in [-0.25, -0.2) is 0 Å². The maximum atomic E-state index is 4.93. The number of hydrogen-bond acceptors (Lipinski definition) is 0. The normalized spacial score (nSPS) is 10.4. The van der Waals surface area contributed by atoms with Gasteiger partial charge in [-0.1, -0.05) is 121 Å². The Morgan fingerprint density at radius 2 is 0.854 bits per heavy atom. The molecule has 0 unspecified atom stereocenters. The van der Waals surface area contributed by atoms with Crippen LogP contribution in [0.4, 0.5) is 0 Å². The number of halogens is 2. The summed E-state index contributed by atoms with van der Waals surface area (Å²) < 4.78 is 0. The zero-order valence-corrected chi connectivity index (χ0v) is 35.6. The van der Waals surface area contributed by atoms with E-state index in [4.69, 9.17) is 17.0 Å². The first-order valence-electron chi connectivity index (χ1n) is 17.1. The third-order valence-electron chi connectivity index (χ3n) is 8.41. The van der Waals surface area contributed by atoms with Gasteiger partial charge in [-0.05, 0) is 65.5 Å². The first-order valence-corrected chi connectivity index (χ1v) is 25.4. The molecule has 0 aromatic heterocycles. The summed E-state index contributed by atoms with van der Waals surface area (Å²) in [5.74, 6) is 0. The van der Waals surface area contributed by atoms with Gasteiger partial charge < -0.3 is 0 Å². The zero-order chi connectivity index (χ0) is 35.4. The van der Waals surface area contributed by atoms with Gasteiger partial charge in [0, 0.05) is 9.52 Å². The molecule has 4 heteroatoms. The fourth-order valence-corrected chi connectivity index (χ4v) is 6.78. The number of aryl methyl sites for hydroxylation is 8. The molecular weight excluding hydrogens is 719 g/mol. The fourth-order valence-electron chi connectivity index (χ4n) is 6.78. The van der Waals surface area contributed by atoms with Crippen LogP contribution < -0.4 is 0 Å². The molecule has 2 radical (unpaired) electrons. The van der Waals surface area contributed by atoms with Gasteiger partial charge in [0.2, 0.25) is 0 Å². The van der Waals surface area contributed by atoms with Crippen LogP contribution in [0.1, 0.15) is 71.2 Å². The molecule has 0 aliphatic carbocycles. The molecule has 6 rings (SSSR count). The molecule has 0 amide bonds. The van der Waals surface area contributed by atoms with Crippen LogP contribution in [0.3, 0.4) is 0 Å². The zero-order valence-electron chi connectivity index (χ0n) is 30.7. The van der Waals surface area contributed by atoms with Gasteiger partial charge in [-0.2, -0.15) is 12.1 Å². The Morgan fingerprint density at radius 3 is 1.15 bits per heavy atom. The predicted octanol–water partition coefficient (Wildman–Crippen LogP) is 14.4. The average Bonchev–Trinajstić information content (AvgIpc) is 3.61. The van der Waals surface area contributed by atoms with Crippen molar-refractivity contribution in [2.24, 2.45) is 0 Å². The van der Waals surface area contributed by atoms with Gasteiger partial charge in [0.15, 0.2) is 0 Å². The Bertz CT molecular complexity index is 1730. The molecule has 0 nitrogen and oxygen atoms in total. The summed E-state index contributed by atoms with van der Waals surface area (Å²) in [6.07, 6.45) is 4.74. The second kappa shape index (κ2) is 19.8. The summed E-state index contributed by atoms with van der Waals surface area (Å²) in [6.45, 7) is 22.0. The van der Waals surface area contributed by atoms with E-state index in [0.29, 0.717) is 0 Å². The summed E-state index contributed by atoms with van der Waals surface area (Å²) >= 11 is -0.826. The van der Waals surface area contributed by atoms with Crippen LogP contribution in [0.15, 0.2) is 84.9 Å². The maximum absolute atomic E-state index is 4.93. The van der Waals surface area contributed by atoms with E-state index in [9.17, 15) is 0 Å². The van der Waals surface area contributed by atoms with Gasteiger partial charge >= 0.3 is 37.9 Å². The number of benzene rings is 4. The fraction of sp³-hybridized carbons (Fsp3) is 0.318. The van der Waals surface area contributed by atoms with Crippen molar-refractivity contribution >= 4 is 48.1 Å². The van der Waals surface area contributed by atoms with Crippen LogP contribution in [-0.2, 0) is 33.7 Å². The molecule has 0 heterocycles. The summed E-state index contributed by atoms with van der Waals surface area (Å²) in [5.41, 5.74) is 16.5. The van der Waals surface area contributed by atoms with Crippen LogP contribution in [-0.4, -0.2) is 9.52 Å². The molecule has 0 aliphatic rings. The van der Waals surface area contributed by atoms with E-state index in [-0.39, 0.29) is 0 Å². The molecule has 0 atom stereocenters. The quantitative estimate of drug-likeness (QED) is 0.117. The summed E-state index contributed by atoms with van der Waals surface area (Å²) in [5, 5.41) is 5.56. The molecule has 0 aliphatic heterocycles. The van der Waals surface area contributed by atoms with Crippen molar-refractivity contribution in [1.82, 2.24) is 0 Å². The van der Waals surface area contributed by atoms with Crippen molar-refractivity contribution in [2.45, 2.75) is 94.2 Å². The van der Waals surface area contributed by atoms with Gasteiger partial charge in [0.1, 0.15) is 0 Å². The van der Waals surface area contributed by atoms with Gasteiger partial charge in [0.05, 0.1) is 0 Å². The van der Waals surface area contributed by atoms with Crippen molar-refractivity contribution in [3.05, 3.63) is 129 Å². The van der Waals surface area contributed by atoms with Crippen LogP contribution in [0.5, 0.6) is 0 Å². The van der Waals surface area contributed by atoms with Crippen LogP contribution in [0.2, 0.25) is 13.1 Å². The topological polar surface area (TPSA) is 0 Å². The van der Waals surface area contributed by atoms with Gasteiger partial charge in [0.25, 0.3) is 0 Å². The standard InChI is InChI=1S/2C21H23.C2H6Si.2ClH.Zr/c2*1-5-6-17-12-18-8-7-16(4)21(20(18)13-17)19-10-14(2)9-15(3)11-19;1-3-2;;;/h2*7-13H,5-6H2,1-4H3;1-2H3;2*1H;/q2*-1;;;;+4/p-2. The Morgan fingerprint density at radius 1 is 0.542 bits per heavy atom. The van der Waals surface area contributed by atoms with Crippen molar-refractivity contribution in [3.8, 4) is 22.3 Å². The number of hydrogen-bond donors (Lipinski definition) is 0. The molecule has 0 saturated carbocycles. The number of rotatable bonds is 6. The van der Waals surface area contributed by atoms with Crippen molar-refractivity contribution in [3.63, 3.8) is 0 Å². The summed E-state index contributed by atoms with van der Waals surface area (Å²) in [4.78, 5) is 0. The monoisotopic (exact) mass is 768 g/mol. The first kappa shape index (κ1) is 40.2. The average molecular weight is 771 g/mol. The molecule has 0 fully saturated rings. The summed E-state index contributed by atoms with van der Waals surface area (Å²) in [7, 11) is 11.0. The van der Waals surface area contributed by atoms with Crippen LogP contribution >= 0.6 is 17.0 Å². The Labute approximate surface area is 312 Å². The predicted molar refractivity (Wildman–Crippen MR) is 216 cm³/mol. The molecule has 0 N–H and O–H groups in total. The van der Waals surface area contributed by atoms with E-state index in [1.165, 1.54) is 114 Å². The molecule has 0 spiro atoms. The minimum atomic E-state index is -0.826. The molecule has 0 bridgehead atoms. The Kier molecular flexibility index (Phi) is 16.6. The van der Waals surface area contributed by atoms with Gasteiger partial charge in [-0.15, -0.1) is 69.1 Å². The van der Waals surface area contributed by atoms with E-state index in [2.05, 4.69) is 153 Å². The molecular formula is C44H52Cl2SiZr. The second-order valence-corrected chi connectivity index (χ2v) is 17.8. The third-order valence-corrected chi connectivity index (χ3v) is 8.41.